The molecule has 0 atom stereocenters. The Morgan fingerprint density at radius 3 is 2.41 bits per heavy atom. The molecule has 0 fully saturated rings. The molecule has 1 heterocycles. The number of anilines is 2. The van der Waals surface area contributed by atoms with Gasteiger partial charge < -0.3 is 10.5 Å². The number of halogens is 2. The summed E-state index contributed by atoms with van der Waals surface area (Å²) in [6, 6.07) is 12.5. The van der Waals surface area contributed by atoms with Crippen LogP contribution in [0.25, 0.3) is 5.69 Å². The maximum atomic E-state index is 12.8. The number of nitrogens with two attached hydrogens (primary N) is 1. The van der Waals surface area contributed by atoms with Crippen LogP contribution in [0, 0.1) is 0 Å². The van der Waals surface area contributed by atoms with E-state index in [9.17, 15) is 13.2 Å². The lowest BCUT2D eigenvalue weighted by Gasteiger charge is -2.07. The van der Waals surface area contributed by atoms with Crippen molar-refractivity contribution in [3.05, 3.63) is 63.6 Å². The van der Waals surface area contributed by atoms with Gasteiger partial charge in [-0.3, -0.25) is 4.72 Å². The molecular weight excluding hydrogens is 484 g/mol. The van der Waals surface area contributed by atoms with Crippen LogP contribution in [0.2, 0.25) is 5.02 Å². The highest BCUT2D eigenvalue weighted by Crippen LogP contribution is 2.28. The van der Waals surface area contributed by atoms with Gasteiger partial charge in [-0.25, -0.2) is 17.9 Å². The van der Waals surface area contributed by atoms with Gasteiger partial charge in [-0.05, 0) is 55.5 Å². The molecule has 0 amide bonds. The molecular formula is C18H16BrClN4O4S. The van der Waals surface area contributed by atoms with Gasteiger partial charge in [-0.15, -0.1) is 5.10 Å². The fourth-order valence-electron chi connectivity index (χ4n) is 2.49. The molecule has 2 aromatic carbocycles. The van der Waals surface area contributed by atoms with Gasteiger partial charge in [0.1, 0.15) is 11.4 Å². The monoisotopic (exact) mass is 498 g/mol. The van der Waals surface area contributed by atoms with Gasteiger partial charge in [0.2, 0.25) is 0 Å². The number of carbonyl (C=O) groups excluding carboxylic acids is 1. The maximum absolute atomic E-state index is 12.8. The predicted molar refractivity (Wildman–Crippen MR) is 114 cm³/mol. The lowest BCUT2D eigenvalue weighted by molar-refractivity contribution is 0.0529. The Balaban J connectivity index is 2.09. The molecule has 29 heavy (non-hydrogen) atoms. The van der Waals surface area contributed by atoms with E-state index < -0.39 is 16.0 Å². The third kappa shape index (κ3) is 4.55. The molecule has 0 bridgehead atoms. The van der Waals surface area contributed by atoms with Crippen LogP contribution in [0.15, 0.2) is 57.9 Å². The van der Waals surface area contributed by atoms with Crippen molar-refractivity contribution < 1.29 is 17.9 Å². The molecule has 0 aliphatic rings. The highest BCUT2D eigenvalue weighted by Gasteiger charge is 2.27. The number of rotatable bonds is 6. The first-order chi connectivity index (χ1) is 13.7. The molecule has 0 saturated heterocycles. The minimum absolute atomic E-state index is 0.00452. The SMILES string of the molecule is CCOC(=O)c1c(NS(=O)(=O)c2ccc(Br)cc2)nn(-c2ccc(Cl)cc2)c1N. The van der Waals surface area contributed by atoms with Crippen LogP contribution in [0.3, 0.4) is 0 Å². The molecule has 11 heteroatoms. The first-order valence-electron chi connectivity index (χ1n) is 8.33. The minimum atomic E-state index is -4.02. The number of nitrogens with zero attached hydrogens (tertiary/aromatic N) is 2. The molecule has 8 nitrogen and oxygen atoms in total. The van der Waals surface area contributed by atoms with Crippen molar-refractivity contribution in [1.82, 2.24) is 9.78 Å². The zero-order chi connectivity index (χ0) is 21.2. The second-order valence-electron chi connectivity index (χ2n) is 5.78. The molecule has 0 saturated carbocycles. The zero-order valence-electron chi connectivity index (χ0n) is 15.1. The predicted octanol–water partition coefficient (Wildman–Crippen LogP) is 3.85. The summed E-state index contributed by atoms with van der Waals surface area (Å²) in [6.45, 7) is 1.71. The summed E-state index contributed by atoms with van der Waals surface area (Å²) in [5, 5.41) is 4.69. The van der Waals surface area contributed by atoms with Crippen molar-refractivity contribution >= 4 is 55.2 Å². The quantitative estimate of drug-likeness (QED) is 0.498. The third-order valence-corrected chi connectivity index (χ3v) is 5.96. The van der Waals surface area contributed by atoms with Gasteiger partial charge in [-0.2, -0.15) is 0 Å². The van der Waals surface area contributed by atoms with Crippen LogP contribution in [0.5, 0.6) is 0 Å². The van der Waals surface area contributed by atoms with Crippen molar-refractivity contribution in [3.8, 4) is 5.69 Å². The number of hydrogen-bond acceptors (Lipinski definition) is 6. The van der Waals surface area contributed by atoms with Gasteiger partial charge in [-0.1, -0.05) is 27.5 Å². The molecule has 0 unspecified atom stereocenters. The molecule has 1 aromatic heterocycles. The van der Waals surface area contributed by atoms with Crippen LogP contribution in [0.1, 0.15) is 17.3 Å². The van der Waals surface area contributed by atoms with Crippen molar-refractivity contribution in [3.63, 3.8) is 0 Å². The van der Waals surface area contributed by atoms with Gasteiger partial charge >= 0.3 is 5.97 Å². The summed E-state index contributed by atoms with van der Waals surface area (Å²) >= 11 is 9.16. The van der Waals surface area contributed by atoms with E-state index in [0.717, 1.165) is 4.47 Å². The maximum Gasteiger partial charge on any atom is 0.345 e. The molecule has 3 aromatic rings. The van der Waals surface area contributed by atoms with E-state index in [2.05, 4.69) is 25.8 Å². The molecule has 0 radical (unpaired) electrons. The van der Waals surface area contributed by atoms with Gasteiger partial charge in [0.15, 0.2) is 5.82 Å². The summed E-state index contributed by atoms with van der Waals surface area (Å²) in [5.74, 6) is -1.10. The second-order valence-corrected chi connectivity index (χ2v) is 8.81. The van der Waals surface area contributed by atoms with Gasteiger partial charge in [0.05, 0.1) is 17.2 Å². The fourth-order valence-corrected chi connectivity index (χ4v) is 3.89. The van der Waals surface area contributed by atoms with E-state index in [0.29, 0.717) is 10.7 Å². The van der Waals surface area contributed by atoms with E-state index in [1.807, 2.05) is 0 Å². The average Bonchev–Trinajstić information content (AvgIpc) is 2.98. The number of nitrogens with one attached hydrogen (secondary N) is 1. The van der Waals surface area contributed by atoms with Gasteiger partial charge in [0.25, 0.3) is 10.0 Å². The van der Waals surface area contributed by atoms with Crippen LogP contribution in [0.4, 0.5) is 11.6 Å². The van der Waals surface area contributed by atoms with E-state index in [-0.39, 0.29) is 28.7 Å². The van der Waals surface area contributed by atoms with E-state index in [4.69, 9.17) is 22.1 Å². The van der Waals surface area contributed by atoms with Crippen LogP contribution in [-0.4, -0.2) is 30.8 Å². The summed E-state index contributed by atoms with van der Waals surface area (Å²) < 4.78 is 34.8. The second kappa shape index (κ2) is 8.44. The van der Waals surface area contributed by atoms with Crippen molar-refractivity contribution in [2.75, 3.05) is 17.1 Å². The number of carbonyl (C=O) groups is 1. The number of hydrogen-bond donors (Lipinski definition) is 2. The Kier molecular flexibility index (Phi) is 6.15. The van der Waals surface area contributed by atoms with Crippen LogP contribution < -0.4 is 10.5 Å². The van der Waals surface area contributed by atoms with Crippen molar-refractivity contribution in [2.24, 2.45) is 0 Å². The van der Waals surface area contributed by atoms with Gasteiger partial charge in [0, 0.05) is 9.50 Å². The molecule has 152 valence electrons. The highest BCUT2D eigenvalue weighted by molar-refractivity contribution is 9.10. The fraction of sp³-hybridized carbons (Fsp3) is 0.111. The van der Waals surface area contributed by atoms with Crippen LogP contribution in [-0.2, 0) is 14.8 Å². The summed E-state index contributed by atoms with van der Waals surface area (Å²) in [6.07, 6.45) is 0. The highest BCUT2D eigenvalue weighted by atomic mass is 79.9. The molecule has 0 aliphatic carbocycles. The standard InChI is InChI=1S/C18H16BrClN4O4S/c1-2-28-18(25)15-16(21)24(13-7-5-12(20)6-8-13)22-17(15)23-29(26,27)14-9-3-11(19)4-10-14/h3-10H,2,21H2,1H3,(H,22,23). The smallest absolute Gasteiger partial charge is 0.345 e. The Morgan fingerprint density at radius 2 is 1.83 bits per heavy atom. The lowest BCUT2D eigenvalue weighted by atomic mass is 10.3. The normalized spacial score (nSPS) is 11.3. The number of nitrogen functional groups attached to an aromatic ring is 1. The topological polar surface area (TPSA) is 116 Å². The minimum Gasteiger partial charge on any atom is -0.462 e. The number of ether oxygens (including phenoxy) is 1. The van der Waals surface area contributed by atoms with E-state index in [1.54, 1.807) is 43.3 Å². The Bertz CT molecular complexity index is 1150. The van der Waals surface area contributed by atoms with Crippen molar-refractivity contribution in [1.29, 1.82) is 0 Å². The molecule has 0 spiro atoms. The molecule has 3 rings (SSSR count). The summed E-state index contributed by atoms with van der Waals surface area (Å²) in [5.41, 5.74) is 6.42. The first-order valence-corrected chi connectivity index (χ1v) is 11.0. The number of aromatic nitrogens is 2. The largest absolute Gasteiger partial charge is 0.462 e. The number of benzene rings is 2. The lowest BCUT2D eigenvalue weighted by Crippen LogP contribution is -2.16. The summed E-state index contributed by atoms with van der Waals surface area (Å²) in [7, 11) is -4.02. The molecule has 0 aliphatic heterocycles. The Labute approximate surface area is 180 Å². The Morgan fingerprint density at radius 1 is 1.21 bits per heavy atom. The summed E-state index contributed by atoms with van der Waals surface area (Å²) in [4.78, 5) is 12.4. The van der Waals surface area contributed by atoms with E-state index in [1.165, 1.54) is 16.8 Å². The van der Waals surface area contributed by atoms with Crippen molar-refractivity contribution in [2.45, 2.75) is 11.8 Å². The van der Waals surface area contributed by atoms with Crippen LogP contribution >= 0.6 is 27.5 Å². The molecule has 3 N–H and O–H groups in total. The average molecular weight is 500 g/mol. The Hall–Kier alpha value is -2.56. The third-order valence-electron chi connectivity index (χ3n) is 3.83. The number of sulfonamides is 1. The first kappa shape index (κ1) is 21.2. The number of esters is 1. The zero-order valence-corrected chi connectivity index (χ0v) is 18.3. The van der Waals surface area contributed by atoms with E-state index >= 15 is 0 Å².